The molecule has 1 aromatic carbocycles. The standard InChI is InChI=1S/C11H12NP/c1-9-8-12-11(13-9)7-10-5-3-2-4-6-10/h2-6,8,13H,7H2,1H3. The summed E-state index contributed by atoms with van der Waals surface area (Å²) in [5.74, 6) is 0. The van der Waals surface area contributed by atoms with Gasteiger partial charge in [0.1, 0.15) is 0 Å². The second kappa shape index (κ2) is 3.76. The maximum Gasteiger partial charge on any atom is 0.0608 e. The van der Waals surface area contributed by atoms with E-state index in [1.165, 1.54) is 16.3 Å². The molecule has 2 aromatic rings. The number of nitrogens with zero attached hydrogens (tertiary/aromatic N) is 1. The molecule has 0 aliphatic rings. The molecule has 0 aliphatic heterocycles. The van der Waals surface area contributed by atoms with Crippen LogP contribution in [0.2, 0.25) is 0 Å². The van der Waals surface area contributed by atoms with E-state index in [0.717, 1.165) is 14.6 Å². The van der Waals surface area contributed by atoms with Gasteiger partial charge in [0.25, 0.3) is 0 Å². The molecule has 0 saturated carbocycles. The molecule has 0 radical (unpaired) electrons. The molecule has 0 aliphatic carbocycles. The van der Waals surface area contributed by atoms with Crippen LogP contribution in [0.4, 0.5) is 0 Å². The van der Waals surface area contributed by atoms with Crippen LogP contribution in [0.1, 0.15) is 16.3 Å². The van der Waals surface area contributed by atoms with Crippen LogP contribution in [0.3, 0.4) is 0 Å². The first-order chi connectivity index (χ1) is 6.34. The smallest absolute Gasteiger partial charge is 0.0608 e. The van der Waals surface area contributed by atoms with Gasteiger partial charge in [-0.15, -0.1) is 8.19 Å². The van der Waals surface area contributed by atoms with Gasteiger partial charge in [-0.05, 0) is 17.8 Å². The lowest BCUT2D eigenvalue weighted by molar-refractivity contribution is 1.14. The van der Waals surface area contributed by atoms with Crippen LogP contribution in [-0.4, -0.2) is 4.98 Å². The van der Waals surface area contributed by atoms with Gasteiger partial charge in [0, 0.05) is 12.6 Å². The van der Waals surface area contributed by atoms with Gasteiger partial charge in [-0.25, -0.2) is 0 Å². The largest absolute Gasteiger partial charge is 0.256 e. The molecule has 1 atom stereocenters. The summed E-state index contributed by atoms with van der Waals surface area (Å²) in [5, 5.41) is 1.39. The molecule has 2 rings (SSSR count). The number of benzene rings is 1. The predicted octanol–water partition coefficient (Wildman–Crippen LogP) is 3.01. The Balaban J connectivity index is 2.15. The van der Waals surface area contributed by atoms with E-state index in [4.69, 9.17) is 0 Å². The van der Waals surface area contributed by atoms with E-state index in [1.807, 2.05) is 12.3 Å². The number of aromatic nitrogens is 1. The average Bonchev–Trinajstić information content (AvgIpc) is 2.53. The highest BCUT2D eigenvalue weighted by atomic mass is 31.0. The lowest BCUT2D eigenvalue weighted by Crippen LogP contribution is -1.84. The van der Waals surface area contributed by atoms with Gasteiger partial charge in [-0.1, -0.05) is 30.3 Å². The molecule has 0 spiro atoms. The topological polar surface area (TPSA) is 12.9 Å². The van der Waals surface area contributed by atoms with Gasteiger partial charge in [0.15, 0.2) is 0 Å². The fourth-order valence-corrected chi connectivity index (χ4v) is 2.35. The number of aryl methyl sites for hydroxylation is 1. The van der Waals surface area contributed by atoms with Crippen LogP contribution >= 0.6 is 8.19 Å². The van der Waals surface area contributed by atoms with Crippen LogP contribution in [0.5, 0.6) is 0 Å². The summed E-state index contributed by atoms with van der Waals surface area (Å²) in [7, 11) is 0.810. The molecule has 0 bridgehead atoms. The van der Waals surface area contributed by atoms with Crippen LogP contribution in [-0.2, 0) is 6.42 Å². The molecule has 0 N–H and O–H groups in total. The molecule has 1 heterocycles. The predicted molar refractivity (Wildman–Crippen MR) is 57.7 cm³/mol. The van der Waals surface area contributed by atoms with Crippen molar-refractivity contribution in [2.75, 3.05) is 0 Å². The fourth-order valence-electron chi connectivity index (χ4n) is 1.35. The Morgan fingerprint density at radius 3 is 2.62 bits per heavy atom. The van der Waals surface area contributed by atoms with E-state index in [-0.39, 0.29) is 0 Å². The van der Waals surface area contributed by atoms with E-state index >= 15 is 0 Å². The average molecular weight is 189 g/mol. The van der Waals surface area contributed by atoms with E-state index in [2.05, 4.69) is 36.2 Å². The lowest BCUT2D eigenvalue weighted by atomic mass is 10.2. The Hall–Kier alpha value is -1.07. The van der Waals surface area contributed by atoms with Gasteiger partial charge in [0.05, 0.1) is 5.43 Å². The van der Waals surface area contributed by atoms with Gasteiger partial charge in [0.2, 0.25) is 0 Å². The quantitative estimate of drug-likeness (QED) is 0.707. The zero-order chi connectivity index (χ0) is 9.10. The minimum absolute atomic E-state index is 0.810. The first-order valence-electron chi connectivity index (χ1n) is 4.39. The van der Waals surface area contributed by atoms with Gasteiger partial charge < -0.3 is 0 Å². The fraction of sp³-hybridized carbons (Fsp3) is 0.182. The summed E-state index contributed by atoms with van der Waals surface area (Å²) >= 11 is 0. The van der Waals surface area contributed by atoms with Gasteiger partial charge in [-0.3, -0.25) is 4.98 Å². The highest BCUT2D eigenvalue weighted by Gasteiger charge is 1.97. The third kappa shape index (κ3) is 2.19. The van der Waals surface area contributed by atoms with Crippen molar-refractivity contribution in [3.8, 4) is 0 Å². The summed E-state index contributed by atoms with van der Waals surface area (Å²) in [6, 6.07) is 10.5. The second-order valence-corrected chi connectivity index (χ2v) is 4.79. The minimum atomic E-state index is 0.810. The van der Waals surface area contributed by atoms with Crippen molar-refractivity contribution in [3.05, 3.63) is 52.8 Å². The number of rotatable bonds is 2. The lowest BCUT2D eigenvalue weighted by Gasteiger charge is -1.96. The molecule has 2 heteroatoms. The van der Waals surface area contributed by atoms with Gasteiger partial charge in [-0.2, -0.15) is 0 Å². The van der Waals surface area contributed by atoms with Crippen molar-refractivity contribution >= 4 is 8.19 Å². The molecule has 66 valence electrons. The van der Waals surface area contributed by atoms with Crippen molar-refractivity contribution in [3.63, 3.8) is 0 Å². The Morgan fingerprint density at radius 1 is 1.23 bits per heavy atom. The molecule has 0 saturated heterocycles. The summed E-state index contributed by atoms with van der Waals surface area (Å²) < 4.78 is 0. The van der Waals surface area contributed by atoms with E-state index in [1.54, 1.807) is 0 Å². The van der Waals surface area contributed by atoms with Crippen molar-refractivity contribution in [2.24, 2.45) is 0 Å². The summed E-state index contributed by atoms with van der Waals surface area (Å²) in [6.45, 7) is 2.14. The molecular formula is C11H12NP. The normalized spacial score (nSPS) is 10.8. The van der Waals surface area contributed by atoms with E-state index in [9.17, 15) is 0 Å². The monoisotopic (exact) mass is 189 g/mol. The molecule has 1 nitrogen and oxygen atoms in total. The minimum Gasteiger partial charge on any atom is -0.256 e. The molecule has 1 aromatic heterocycles. The molecule has 1 unspecified atom stereocenters. The van der Waals surface area contributed by atoms with E-state index < -0.39 is 0 Å². The highest BCUT2D eigenvalue weighted by molar-refractivity contribution is 7.31. The van der Waals surface area contributed by atoms with Crippen LogP contribution in [0.25, 0.3) is 0 Å². The molecule has 13 heavy (non-hydrogen) atoms. The molecule has 0 fully saturated rings. The highest BCUT2D eigenvalue weighted by Crippen LogP contribution is 2.20. The van der Waals surface area contributed by atoms with Crippen molar-refractivity contribution in [2.45, 2.75) is 13.3 Å². The first-order valence-corrected chi connectivity index (χ1v) is 5.39. The van der Waals surface area contributed by atoms with Crippen LogP contribution in [0.15, 0.2) is 36.5 Å². The maximum atomic E-state index is 4.38. The zero-order valence-electron chi connectivity index (χ0n) is 7.62. The van der Waals surface area contributed by atoms with Crippen LogP contribution < -0.4 is 0 Å². The Labute approximate surface area is 79.9 Å². The Kier molecular flexibility index (Phi) is 2.47. The SMILES string of the molecule is Cc1cnc(Cc2ccccc2)[pH]1. The first kappa shape index (κ1) is 8.52. The summed E-state index contributed by atoms with van der Waals surface area (Å²) in [5.41, 5.74) is 2.67. The summed E-state index contributed by atoms with van der Waals surface area (Å²) in [6.07, 6.45) is 2.99. The number of hydrogen-bond donors (Lipinski definition) is 0. The Bertz CT molecular complexity index is 378. The summed E-state index contributed by atoms with van der Waals surface area (Å²) in [4.78, 5) is 4.38. The van der Waals surface area contributed by atoms with Crippen molar-refractivity contribution in [1.29, 1.82) is 0 Å². The number of hydrogen-bond acceptors (Lipinski definition) is 1. The van der Waals surface area contributed by atoms with Crippen LogP contribution in [0, 0.1) is 6.92 Å². The Morgan fingerprint density at radius 2 is 2.00 bits per heavy atom. The van der Waals surface area contributed by atoms with Gasteiger partial charge >= 0.3 is 0 Å². The van der Waals surface area contributed by atoms with E-state index in [0.29, 0.717) is 0 Å². The zero-order valence-corrected chi connectivity index (χ0v) is 8.62. The van der Waals surface area contributed by atoms with Crippen molar-refractivity contribution in [1.82, 2.24) is 4.98 Å². The molecular weight excluding hydrogens is 177 g/mol. The second-order valence-electron chi connectivity index (χ2n) is 3.18. The maximum absolute atomic E-state index is 4.38. The molecule has 0 amide bonds. The van der Waals surface area contributed by atoms with Crippen molar-refractivity contribution < 1.29 is 0 Å². The third-order valence-corrected chi connectivity index (χ3v) is 3.09. The third-order valence-electron chi connectivity index (χ3n) is 1.97.